The molecule has 0 atom stereocenters. The van der Waals surface area contributed by atoms with E-state index in [-0.39, 0.29) is 30.3 Å². The van der Waals surface area contributed by atoms with Gasteiger partial charge in [0, 0.05) is 52.7 Å². The van der Waals surface area contributed by atoms with Crippen LogP contribution in [0.4, 0.5) is 0 Å². The first-order chi connectivity index (χ1) is 15.5. The molecule has 178 valence electrons. The Morgan fingerprint density at radius 2 is 1.66 bits per heavy atom. The van der Waals surface area contributed by atoms with Crippen molar-refractivity contribution in [1.29, 1.82) is 0 Å². The molecule has 7 heteroatoms. The molecule has 0 bridgehead atoms. The maximum absolute atomic E-state index is 13.3. The Hall–Kier alpha value is -1.96. The second kappa shape index (κ2) is 11.8. The zero-order chi connectivity index (χ0) is 23.0. The minimum absolute atomic E-state index is 0.00721. The van der Waals surface area contributed by atoms with Crippen molar-refractivity contribution in [1.82, 2.24) is 15.1 Å². The average molecular weight is 446 g/mol. The molecular formula is C25H39N3O4. The minimum atomic E-state index is -1.17. The van der Waals surface area contributed by atoms with Gasteiger partial charge in [-0.2, -0.15) is 0 Å². The zero-order valence-corrected chi connectivity index (χ0v) is 19.8. The first-order valence-corrected chi connectivity index (χ1v) is 11.9. The third-order valence-electron chi connectivity index (χ3n) is 7.02. The average Bonchev–Trinajstić information content (AvgIpc) is 2.84. The van der Waals surface area contributed by atoms with Gasteiger partial charge >= 0.3 is 0 Å². The van der Waals surface area contributed by atoms with Gasteiger partial charge in [0.2, 0.25) is 11.8 Å². The summed E-state index contributed by atoms with van der Waals surface area (Å²) >= 11 is 0. The number of ether oxygens (including phenoxy) is 2. The SMILES string of the molecule is COC(C)(OC)N(C(=O)CNC(=O)C1CCCCC1)C1CCN(Cc2ccccc2)CC1. The van der Waals surface area contributed by atoms with Crippen molar-refractivity contribution >= 4 is 11.8 Å². The Bertz CT molecular complexity index is 724. The van der Waals surface area contributed by atoms with Gasteiger partial charge in [-0.05, 0) is 31.2 Å². The Balaban J connectivity index is 1.60. The third kappa shape index (κ3) is 6.30. The third-order valence-corrected chi connectivity index (χ3v) is 7.02. The molecule has 1 heterocycles. The first-order valence-electron chi connectivity index (χ1n) is 11.9. The van der Waals surface area contributed by atoms with Crippen molar-refractivity contribution in [2.75, 3.05) is 33.9 Å². The van der Waals surface area contributed by atoms with Gasteiger partial charge in [0.15, 0.2) is 0 Å². The number of nitrogens with zero attached hydrogens (tertiary/aromatic N) is 2. The van der Waals surface area contributed by atoms with E-state index < -0.39 is 5.91 Å². The Morgan fingerprint density at radius 1 is 1.03 bits per heavy atom. The van der Waals surface area contributed by atoms with E-state index >= 15 is 0 Å². The molecule has 0 spiro atoms. The zero-order valence-electron chi connectivity index (χ0n) is 19.8. The van der Waals surface area contributed by atoms with Gasteiger partial charge in [0.05, 0.1) is 6.54 Å². The summed E-state index contributed by atoms with van der Waals surface area (Å²) in [6.07, 6.45) is 6.86. The predicted octanol–water partition coefficient (Wildman–Crippen LogP) is 3.14. The standard InChI is InChI=1S/C25H39N3O4/c1-25(31-2,32-3)28(23(29)18-26-24(30)21-12-8-5-9-13-21)22-14-16-27(17-15-22)19-20-10-6-4-7-11-20/h4,6-7,10-11,21-22H,5,8-9,12-19H2,1-3H3,(H,26,30). The molecule has 2 fully saturated rings. The number of rotatable bonds is 9. The summed E-state index contributed by atoms with van der Waals surface area (Å²) in [6.45, 7) is 4.43. The highest BCUT2D eigenvalue weighted by molar-refractivity contribution is 5.86. The maximum Gasteiger partial charge on any atom is 0.250 e. The van der Waals surface area contributed by atoms with E-state index in [9.17, 15) is 9.59 Å². The number of carbonyl (C=O) groups excluding carboxylic acids is 2. The number of methoxy groups -OCH3 is 2. The van der Waals surface area contributed by atoms with E-state index in [2.05, 4.69) is 34.5 Å². The van der Waals surface area contributed by atoms with Gasteiger partial charge in [0.25, 0.3) is 5.91 Å². The molecule has 0 aromatic heterocycles. The molecule has 2 aliphatic rings. The highest BCUT2D eigenvalue weighted by Gasteiger charge is 2.41. The number of likely N-dealkylation sites (tertiary alicyclic amines) is 1. The van der Waals surface area contributed by atoms with Crippen LogP contribution in [0.2, 0.25) is 0 Å². The monoisotopic (exact) mass is 445 g/mol. The van der Waals surface area contributed by atoms with Crippen LogP contribution >= 0.6 is 0 Å². The van der Waals surface area contributed by atoms with Gasteiger partial charge < -0.3 is 14.8 Å². The number of hydrogen-bond donors (Lipinski definition) is 1. The molecule has 1 aliphatic carbocycles. The fourth-order valence-electron chi connectivity index (χ4n) is 4.98. The van der Waals surface area contributed by atoms with Crippen molar-refractivity contribution in [3.63, 3.8) is 0 Å². The lowest BCUT2D eigenvalue weighted by atomic mass is 9.89. The highest BCUT2D eigenvalue weighted by Crippen LogP contribution is 2.28. The summed E-state index contributed by atoms with van der Waals surface area (Å²) in [7, 11) is 3.10. The summed E-state index contributed by atoms with van der Waals surface area (Å²) in [4.78, 5) is 30.0. The van der Waals surface area contributed by atoms with Crippen LogP contribution in [-0.4, -0.2) is 67.4 Å². The molecule has 1 aromatic rings. The Labute approximate surface area is 192 Å². The van der Waals surface area contributed by atoms with Crippen LogP contribution in [0.3, 0.4) is 0 Å². The van der Waals surface area contributed by atoms with Gasteiger partial charge in [-0.15, -0.1) is 0 Å². The van der Waals surface area contributed by atoms with Crippen LogP contribution in [-0.2, 0) is 25.6 Å². The molecular weight excluding hydrogens is 406 g/mol. The molecule has 32 heavy (non-hydrogen) atoms. The van der Waals surface area contributed by atoms with E-state index in [0.717, 1.165) is 58.2 Å². The first kappa shape index (κ1) is 24.7. The quantitative estimate of drug-likeness (QED) is 0.592. The fourth-order valence-corrected chi connectivity index (χ4v) is 4.98. The van der Waals surface area contributed by atoms with Crippen molar-refractivity contribution in [3.8, 4) is 0 Å². The molecule has 1 saturated heterocycles. The number of amides is 2. The predicted molar refractivity (Wildman–Crippen MR) is 124 cm³/mol. The molecule has 0 radical (unpaired) electrons. The van der Waals surface area contributed by atoms with E-state index in [1.165, 1.54) is 12.0 Å². The van der Waals surface area contributed by atoms with Gasteiger partial charge in [-0.3, -0.25) is 19.4 Å². The van der Waals surface area contributed by atoms with E-state index in [1.807, 2.05) is 6.07 Å². The number of hydrogen-bond acceptors (Lipinski definition) is 5. The molecule has 2 amide bonds. The summed E-state index contributed by atoms with van der Waals surface area (Å²) in [5, 5.41) is 2.88. The van der Waals surface area contributed by atoms with Crippen molar-refractivity contribution in [3.05, 3.63) is 35.9 Å². The van der Waals surface area contributed by atoms with Gasteiger partial charge in [0.1, 0.15) is 0 Å². The minimum Gasteiger partial charge on any atom is -0.347 e. The smallest absolute Gasteiger partial charge is 0.250 e. The second-order valence-corrected chi connectivity index (χ2v) is 9.12. The summed E-state index contributed by atoms with van der Waals surface area (Å²) in [5.74, 6) is -1.31. The van der Waals surface area contributed by atoms with Crippen LogP contribution in [0, 0.1) is 5.92 Å². The molecule has 3 rings (SSSR count). The van der Waals surface area contributed by atoms with Crippen LogP contribution in [0.1, 0.15) is 57.4 Å². The lowest BCUT2D eigenvalue weighted by molar-refractivity contribution is -0.286. The van der Waals surface area contributed by atoms with Crippen molar-refractivity contribution in [2.45, 2.75) is 70.4 Å². The number of nitrogens with one attached hydrogen (secondary N) is 1. The molecule has 0 unspecified atom stereocenters. The van der Waals surface area contributed by atoms with Crippen molar-refractivity contribution < 1.29 is 19.1 Å². The van der Waals surface area contributed by atoms with Crippen molar-refractivity contribution in [2.24, 2.45) is 5.92 Å². The maximum atomic E-state index is 13.3. The molecule has 1 saturated carbocycles. The molecule has 7 nitrogen and oxygen atoms in total. The summed E-state index contributed by atoms with van der Waals surface area (Å²) in [6, 6.07) is 10.4. The van der Waals surface area contributed by atoms with E-state index in [1.54, 1.807) is 26.0 Å². The fraction of sp³-hybridized carbons (Fsp3) is 0.680. The summed E-state index contributed by atoms with van der Waals surface area (Å²) < 4.78 is 11.3. The van der Waals surface area contributed by atoms with E-state index in [4.69, 9.17) is 9.47 Å². The molecule has 1 aromatic carbocycles. The van der Waals surface area contributed by atoms with Gasteiger partial charge in [-0.1, -0.05) is 49.6 Å². The molecule has 1 N–H and O–H groups in total. The topological polar surface area (TPSA) is 71.1 Å². The van der Waals surface area contributed by atoms with Gasteiger partial charge in [-0.25, -0.2) is 0 Å². The lowest BCUT2D eigenvalue weighted by Crippen LogP contribution is -2.61. The van der Waals surface area contributed by atoms with Crippen LogP contribution in [0.5, 0.6) is 0 Å². The van der Waals surface area contributed by atoms with Crippen LogP contribution in [0.15, 0.2) is 30.3 Å². The Morgan fingerprint density at radius 3 is 2.25 bits per heavy atom. The van der Waals surface area contributed by atoms with Crippen LogP contribution in [0.25, 0.3) is 0 Å². The van der Waals surface area contributed by atoms with E-state index in [0.29, 0.717) is 0 Å². The number of carbonyl (C=O) groups is 2. The number of benzene rings is 1. The largest absolute Gasteiger partial charge is 0.347 e. The highest BCUT2D eigenvalue weighted by atomic mass is 16.7. The molecule has 1 aliphatic heterocycles. The van der Waals surface area contributed by atoms with Crippen LogP contribution < -0.4 is 5.32 Å². The normalized spacial score (nSPS) is 19.0. The Kier molecular flexibility index (Phi) is 9.08. The lowest BCUT2D eigenvalue weighted by Gasteiger charge is -2.46. The second-order valence-electron chi connectivity index (χ2n) is 9.12. The summed E-state index contributed by atoms with van der Waals surface area (Å²) in [5.41, 5.74) is 1.29. The number of piperidine rings is 1.